The molecule has 0 unspecified atom stereocenters. The number of ether oxygens (including phenoxy) is 1. The molecule has 0 amide bonds. The summed E-state index contributed by atoms with van der Waals surface area (Å²) in [5, 5.41) is 9.97. The van der Waals surface area contributed by atoms with Crippen molar-refractivity contribution < 1.29 is 4.74 Å². The largest absolute Gasteiger partial charge is 0.491 e. The van der Waals surface area contributed by atoms with E-state index in [-0.39, 0.29) is 0 Å². The highest BCUT2D eigenvalue weighted by Gasteiger charge is 2.15. The first-order valence-electron chi connectivity index (χ1n) is 13.0. The summed E-state index contributed by atoms with van der Waals surface area (Å²) in [6.07, 6.45) is 13.6. The smallest absolute Gasteiger partial charge is 0.138 e. The van der Waals surface area contributed by atoms with Crippen molar-refractivity contribution >= 4 is 21.8 Å². The Balaban J connectivity index is 1.20. The lowest BCUT2D eigenvalue weighted by Gasteiger charge is -2.15. The highest BCUT2D eigenvalue weighted by molar-refractivity contribution is 6.01. The lowest BCUT2D eigenvalue weighted by atomic mass is 10.0. The van der Waals surface area contributed by atoms with E-state index in [9.17, 15) is 0 Å². The number of fused-ring (bicyclic) bond motifs is 2. The summed E-state index contributed by atoms with van der Waals surface area (Å²) in [4.78, 5) is 19.0. The molecular weight excluding hydrogens is 474 g/mol. The number of aromatic amines is 2. The first-order valence-corrected chi connectivity index (χ1v) is 13.0. The maximum Gasteiger partial charge on any atom is 0.138 e. The second-order valence-corrected chi connectivity index (χ2v) is 9.71. The summed E-state index contributed by atoms with van der Waals surface area (Å²) in [6, 6.07) is 14.5. The summed E-state index contributed by atoms with van der Waals surface area (Å²) >= 11 is 0. The van der Waals surface area contributed by atoms with Gasteiger partial charge in [-0.15, -0.1) is 0 Å². The maximum atomic E-state index is 6.04. The van der Waals surface area contributed by atoms with Crippen LogP contribution in [-0.2, 0) is 0 Å². The zero-order valence-electron chi connectivity index (χ0n) is 20.9. The molecule has 0 aliphatic carbocycles. The molecule has 1 aliphatic heterocycles. The predicted molar refractivity (Wildman–Crippen MR) is 149 cm³/mol. The average molecular weight is 502 g/mol. The Hall–Kier alpha value is -4.56. The second-order valence-electron chi connectivity index (χ2n) is 9.71. The van der Waals surface area contributed by atoms with Crippen LogP contribution in [0, 0.1) is 0 Å². The van der Waals surface area contributed by atoms with Gasteiger partial charge >= 0.3 is 0 Å². The molecule has 0 spiro atoms. The van der Waals surface area contributed by atoms with E-state index in [0.29, 0.717) is 6.61 Å². The van der Waals surface area contributed by atoms with E-state index in [1.807, 2.05) is 30.7 Å². The topological polar surface area (TPSA) is 95.6 Å². The Morgan fingerprint density at radius 1 is 0.763 bits per heavy atom. The van der Waals surface area contributed by atoms with E-state index in [4.69, 9.17) is 4.74 Å². The third-order valence-corrected chi connectivity index (χ3v) is 7.28. The monoisotopic (exact) mass is 501 g/mol. The van der Waals surface area contributed by atoms with Crippen LogP contribution in [0.5, 0.6) is 5.75 Å². The van der Waals surface area contributed by atoms with Crippen LogP contribution in [0.15, 0.2) is 79.6 Å². The molecule has 1 aromatic carbocycles. The van der Waals surface area contributed by atoms with E-state index in [1.54, 1.807) is 18.6 Å². The van der Waals surface area contributed by atoms with E-state index in [0.717, 1.165) is 67.7 Å². The second kappa shape index (κ2) is 9.72. The van der Waals surface area contributed by atoms with Crippen molar-refractivity contribution in [3.63, 3.8) is 0 Å². The van der Waals surface area contributed by atoms with E-state index in [2.05, 4.69) is 65.4 Å². The van der Waals surface area contributed by atoms with Crippen molar-refractivity contribution in [2.24, 2.45) is 0 Å². The lowest BCUT2D eigenvalue weighted by Crippen LogP contribution is -2.25. The quantitative estimate of drug-likeness (QED) is 0.291. The molecule has 1 aliphatic rings. The fraction of sp³-hybridized carbons (Fsp3) is 0.200. The number of benzene rings is 1. The number of pyridine rings is 3. The standard InChI is InChI=1S/C30H27N7O/c1-2-10-37(9-1)11-12-38-23-13-22(16-32-17-23)21-3-4-27-25(14-21)30(36-35-27)28-15-24-26(18-33-19-29(24)34-28)20-5-7-31-8-6-20/h3-8,13-19,34H,1-2,9-12H2,(H,35,36). The van der Waals surface area contributed by atoms with Gasteiger partial charge in [0, 0.05) is 53.2 Å². The first kappa shape index (κ1) is 22.6. The van der Waals surface area contributed by atoms with Crippen LogP contribution in [0.25, 0.3) is 55.4 Å². The van der Waals surface area contributed by atoms with Crippen molar-refractivity contribution in [3.8, 4) is 39.4 Å². The lowest BCUT2D eigenvalue weighted by molar-refractivity contribution is 0.237. The van der Waals surface area contributed by atoms with Gasteiger partial charge < -0.3 is 9.72 Å². The summed E-state index contributed by atoms with van der Waals surface area (Å²) in [5.41, 5.74) is 7.94. The van der Waals surface area contributed by atoms with Crippen molar-refractivity contribution in [2.45, 2.75) is 12.8 Å². The number of H-pyrrole nitrogens is 2. The summed E-state index contributed by atoms with van der Waals surface area (Å²) in [5.74, 6) is 0.793. The Bertz CT molecular complexity index is 1720. The summed E-state index contributed by atoms with van der Waals surface area (Å²) in [7, 11) is 0. The number of hydrogen-bond acceptors (Lipinski definition) is 6. The number of aromatic nitrogens is 6. The first-order chi connectivity index (χ1) is 18.8. The Morgan fingerprint density at radius 3 is 2.53 bits per heavy atom. The summed E-state index contributed by atoms with van der Waals surface area (Å²) in [6.45, 7) is 3.98. The van der Waals surface area contributed by atoms with Crippen LogP contribution in [-0.4, -0.2) is 61.3 Å². The van der Waals surface area contributed by atoms with Crippen LogP contribution < -0.4 is 4.74 Å². The molecule has 38 heavy (non-hydrogen) atoms. The fourth-order valence-electron chi connectivity index (χ4n) is 5.29. The van der Waals surface area contributed by atoms with Crippen molar-refractivity contribution in [1.82, 2.24) is 35.0 Å². The van der Waals surface area contributed by atoms with Crippen molar-refractivity contribution in [2.75, 3.05) is 26.2 Å². The minimum atomic E-state index is 0.673. The molecular formula is C30H27N7O. The van der Waals surface area contributed by atoms with Gasteiger partial charge in [-0.05, 0) is 73.5 Å². The molecule has 2 N–H and O–H groups in total. The maximum absolute atomic E-state index is 6.04. The van der Waals surface area contributed by atoms with Crippen molar-refractivity contribution in [3.05, 3.63) is 79.6 Å². The Morgan fingerprint density at radius 2 is 1.63 bits per heavy atom. The highest BCUT2D eigenvalue weighted by atomic mass is 16.5. The zero-order valence-corrected chi connectivity index (χ0v) is 20.9. The third kappa shape index (κ3) is 4.29. The molecule has 188 valence electrons. The van der Waals surface area contributed by atoms with E-state index in [1.165, 1.54) is 25.9 Å². The van der Waals surface area contributed by atoms with Crippen LogP contribution >= 0.6 is 0 Å². The minimum absolute atomic E-state index is 0.673. The van der Waals surface area contributed by atoms with E-state index >= 15 is 0 Å². The molecule has 6 aromatic rings. The van der Waals surface area contributed by atoms with Gasteiger partial charge in [0.05, 0.1) is 29.1 Å². The number of likely N-dealkylation sites (tertiary alicyclic amines) is 1. The van der Waals surface area contributed by atoms with Gasteiger partial charge in [-0.2, -0.15) is 5.10 Å². The molecule has 0 bridgehead atoms. The van der Waals surface area contributed by atoms with Gasteiger partial charge in [0.15, 0.2) is 0 Å². The van der Waals surface area contributed by atoms with Crippen LogP contribution in [0.3, 0.4) is 0 Å². The molecule has 1 fully saturated rings. The van der Waals surface area contributed by atoms with Crippen LogP contribution in [0.1, 0.15) is 12.8 Å². The molecule has 0 atom stereocenters. The molecule has 1 saturated heterocycles. The third-order valence-electron chi connectivity index (χ3n) is 7.28. The highest BCUT2D eigenvalue weighted by Crippen LogP contribution is 2.35. The molecule has 0 saturated carbocycles. The Kier molecular flexibility index (Phi) is 5.79. The molecule has 0 radical (unpaired) electrons. The van der Waals surface area contributed by atoms with Gasteiger partial charge in [0.1, 0.15) is 18.1 Å². The van der Waals surface area contributed by atoms with Gasteiger partial charge in [0.2, 0.25) is 0 Å². The normalized spacial score (nSPS) is 14.0. The average Bonchev–Trinajstić information content (AvgIpc) is 3.73. The van der Waals surface area contributed by atoms with Gasteiger partial charge in [-0.1, -0.05) is 6.07 Å². The van der Waals surface area contributed by atoms with Crippen LogP contribution in [0.2, 0.25) is 0 Å². The van der Waals surface area contributed by atoms with Gasteiger partial charge in [-0.3, -0.25) is 25.0 Å². The molecule has 8 heteroatoms. The van der Waals surface area contributed by atoms with Gasteiger partial charge in [-0.25, -0.2) is 0 Å². The number of hydrogen-bond donors (Lipinski definition) is 2. The Labute approximate surface area is 219 Å². The molecule has 7 rings (SSSR count). The molecule has 8 nitrogen and oxygen atoms in total. The fourth-order valence-corrected chi connectivity index (χ4v) is 5.29. The predicted octanol–water partition coefficient (Wildman–Crippen LogP) is 5.70. The molecule has 6 heterocycles. The number of nitrogens with zero attached hydrogens (tertiary/aromatic N) is 5. The van der Waals surface area contributed by atoms with E-state index < -0.39 is 0 Å². The molecule has 5 aromatic heterocycles. The minimum Gasteiger partial charge on any atom is -0.491 e. The summed E-state index contributed by atoms with van der Waals surface area (Å²) < 4.78 is 6.04. The van der Waals surface area contributed by atoms with Crippen molar-refractivity contribution in [1.29, 1.82) is 0 Å². The number of nitrogens with one attached hydrogen (secondary N) is 2. The van der Waals surface area contributed by atoms with Crippen LogP contribution in [0.4, 0.5) is 0 Å². The zero-order chi connectivity index (χ0) is 25.3. The van der Waals surface area contributed by atoms with Gasteiger partial charge in [0.25, 0.3) is 0 Å². The SMILES string of the molecule is c1cc(-c2cncc3[nH]c(-c4n[nH]c5ccc(-c6cncc(OCCN7CCCC7)c6)cc45)cc23)ccn1. The number of rotatable bonds is 7.